The molecule has 0 aromatic heterocycles. The molecule has 2 amide bonds. The zero-order chi connectivity index (χ0) is 16.3. The fourth-order valence-electron chi connectivity index (χ4n) is 1.72. The molecule has 0 saturated heterocycles. The molecule has 0 N–H and O–H groups in total. The van der Waals surface area contributed by atoms with E-state index in [2.05, 4.69) is 4.99 Å². The van der Waals surface area contributed by atoms with E-state index in [1.165, 1.54) is 21.3 Å². The van der Waals surface area contributed by atoms with Gasteiger partial charge >= 0.3 is 12.2 Å². The Morgan fingerprint density at radius 3 is 2.48 bits per heavy atom. The van der Waals surface area contributed by atoms with Gasteiger partial charge < -0.3 is 9.47 Å². The largest absolute Gasteiger partial charge is 0.553 e. The third-order valence-electron chi connectivity index (χ3n) is 3.29. The number of rotatable bonds is 0. The minimum absolute atomic E-state index is 0.218. The molecular weight excluding hydrogens is 294 g/mol. The third-order valence-corrected chi connectivity index (χ3v) is 4.87. The Bertz CT molecular complexity index is 490. The number of allylic oxidation sites excluding steroid dienone is 1. The van der Waals surface area contributed by atoms with Gasteiger partial charge in [-0.15, -0.1) is 5.01 Å². The molecule has 1 aliphatic rings. The second kappa shape index (κ2) is 6.48. The first-order valence-electron chi connectivity index (χ1n) is 6.39. The van der Waals surface area contributed by atoms with E-state index in [9.17, 15) is 9.59 Å². The van der Waals surface area contributed by atoms with Crippen molar-refractivity contribution in [2.24, 2.45) is 10.4 Å². The van der Waals surface area contributed by atoms with Crippen molar-refractivity contribution in [3.63, 3.8) is 0 Å². The lowest BCUT2D eigenvalue weighted by Gasteiger charge is -2.35. The van der Waals surface area contributed by atoms with E-state index < -0.39 is 16.2 Å². The van der Waals surface area contributed by atoms with Gasteiger partial charge in [-0.2, -0.15) is 4.79 Å². The van der Waals surface area contributed by atoms with Crippen LogP contribution in [0.15, 0.2) is 17.3 Å². The number of carbonyl (C=O) groups is 2. The second-order valence-electron chi connectivity index (χ2n) is 5.34. The monoisotopic (exact) mass is 316 g/mol. The summed E-state index contributed by atoms with van der Waals surface area (Å²) >= 11 is 1.15. The van der Waals surface area contributed by atoms with Gasteiger partial charge in [0.2, 0.25) is 0 Å². The van der Waals surface area contributed by atoms with E-state index in [4.69, 9.17) is 9.47 Å². The number of quaternary nitrogens is 1. The summed E-state index contributed by atoms with van der Waals surface area (Å²) in [5.41, 5.74) is -0.218. The number of ether oxygens (including phenoxy) is 2. The molecule has 0 fully saturated rings. The normalized spacial score (nSPS) is 19.2. The van der Waals surface area contributed by atoms with E-state index in [0.717, 1.165) is 28.4 Å². The Morgan fingerprint density at radius 1 is 1.38 bits per heavy atom. The van der Waals surface area contributed by atoms with Gasteiger partial charge in [-0.25, -0.2) is 9.79 Å². The standard InChI is InChI=1S/C13H22N3O4S/c1-13(2)8-7-9-14-10(13)21-16(4,12(18)20-6)15(3)11(17)19-5/h7,9H,8H2,1-6H3/q+1. The van der Waals surface area contributed by atoms with Crippen molar-refractivity contribution >= 4 is 29.2 Å². The number of hydrogen-bond donors (Lipinski definition) is 0. The molecule has 1 heterocycles. The van der Waals surface area contributed by atoms with Crippen molar-refractivity contribution in [3.05, 3.63) is 12.3 Å². The molecule has 1 aliphatic heterocycles. The Hall–Kier alpha value is -1.54. The molecule has 1 atom stereocenters. The Labute approximate surface area is 129 Å². The molecule has 0 radical (unpaired) electrons. The molecule has 0 spiro atoms. The molecule has 7 nitrogen and oxygen atoms in total. The SMILES string of the molecule is COC(=O)N(C)[N+](C)(SC1=NC=CCC1(C)C)C(=O)OC. The van der Waals surface area contributed by atoms with Crippen molar-refractivity contribution in [2.45, 2.75) is 20.3 Å². The van der Waals surface area contributed by atoms with E-state index >= 15 is 0 Å². The number of amides is 2. The lowest BCUT2D eigenvalue weighted by Crippen LogP contribution is -2.58. The minimum Gasteiger partial charge on any atom is -0.450 e. The average molecular weight is 316 g/mol. The Kier molecular flexibility index (Phi) is 5.41. The number of carbonyl (C=O) groups excluding carboxylic acids is 2. The summed E-state index contributed by atoms with van der Waals surface area (Å²) < 4.78 is 9.05. The Morgan fingerprint density at radius 2 is 2.00 bits per heavy atom. The first-order chi connectivity index (χ1) is 9.69. The van der Waals surface area contributed by atoms with Crippen LogP contribution in [-0.2, 0) is 9.47 Å². The van der Waals surface area contributed by atoms with Gasteiger partial charge in [0.15, 0.2) is 11.9 Å². The van der Waals surface area contributed by atoms with Crippen LogP contribution in [0.1, 0.15) is 20.3 Å². The molecule has 1 rings (SSSR count). The fraction of sp³-hybridized carbons (Fsp3) is 0.615. The van der Waals surface area contributed by atoms with Gasteiger partial charge in [0, 0.05) is 11.6 Å². The summed E-state index contributed by atoms with van der Waals surface area (Å²) in [5.74, 6) is 0. The van der Waals surface area contributed by atoms with Gasteiger partial charge in [0.25, 0.3) is 0 Å². The van der Waals surface area contributed by atoms with Crippen LogP contribution in [0.4, 0.5) is 9.59 Å². The van der Waals surface area contributed by atoms with Gasteiger partial charge in [-0.3, -0.25) is 0 Å². The highest BCUT2D eigenvalue weighted by Crippen LogP contribution is 2.38. The van der Waals surface area contributed by atoms with Crippen LogP contribution in [0.2, 0.25) is 0 Å². The van der Waals surface area contributed by atoms with Crippen LogP contribution in [0.3, 0.4) is 0 Å². The number of aliphatic imine (C=N–C) groups is 1. The number of hydrogen-bond acceptors (Lipinski definition) is 6. The predicted octanol–water partition coefficient (Wildman–Crippen LogP) is 2.80. The molecule has 118 valence electrons. The topological polar surface area (TPSA) is 68.2 Å². The quantitative estimate of drug-likeness (QED) is 0.390. The van der Waals surface area contributed by atoms with Crippen molar-refractivity contribution < 1.29 is 23.1 Å². The molecule has 21 heavy (non-hydrogen) atoms. The highest BCUT2D eigenvalue weighted by atomic mass is 32.2. The molecule has 1 unspecified atom stereocenters. The lowest BCUT2D eigenvalue weighted by atomic mass is 9.89. The van der Waals surface area contributed by atoms with Crippen LogP contribution >= 0.6 is 11.9 Å². The number of methoxy groups -OCH3 is 2. The first-order valence-corrected chi connectivity index (χ1v) is 7.16. The van der Waals surface area contributed by atoms with E-state index in [0.29, 0.717) is 0 Å². The van der Waals surface area contributed by atoms with Crippen LogP contribution in [-0.4, -0.2) is 54.6 Å². The highest BCUT2D eigenvalue weighted by molar-refractivity contribution is 8.09. The fourth-order valence-corrected chi connectivity index (χ4v) is 2.84. The van der Waals surface area contributed by atoms with E-state index in [-0.39, 0.29) is 5.41 Å². The van der Waals surface area contributed by atoms with E-state index in [1.807, 2.05) is 19.9 Å². The maximum atomic E-state index is 12.2. The predicted molar refractivity (Wildman–Crippen MR) is 81.3 cm³/mol. The van der Waals surface area contributed by atoms with Crippen molar-refractivity contribution in [1.29, 1.82) is 0 Å². The summed E-state index contributed by atoms with van der Waals surface area (Å²) in [6, 6.07) is 0. The zero-order valence-corrected chi connectivity index (χ0v) is 14.1. The molecule has 0 bridgehead atoms. The molecule has 0 saturated carbocycles. The maximum absolute atomic E-state index is 12.2. The molecule has 8 heteroatoms. The summed E-state index contributed by atoms with van der Waals surface area (Å²) in [5, 5.41) is 1.90. The van der Waals surface area contributed by atoms with Crippen LogP contribution < -0.4 is 0 Å². The summed E-state index contributed by atoms with van der Waals surface area (Å²) in [6.45, 7) is 4.06. The zero-order valence-electron chi connectivity index (χ0n) is 13.2. The first kappa shape index (κ1) is 17.5. The molecular formula is C13H22N3O4S+. The third kappa shape index (κ3) is 3.56. The smallest absolute Gasteiger partial charge is 0.450 e. The second-order valence-corrected chi connectivity index (χ2v) is 6.62. The van der Waals surface area contributed by atoms with Gasteiger partial charge in [-0.1, -0.05) is 23.9 Å². The van der Waals surface area contributed by atoms with Crippen molar-refractivity contribution in [2.75, 3.05) is 28.3 Å². The summed E-state index contributed by atoms with van der Waals surface area (Å²) in [6.07, 6.45) is 3.24. The average Bonchev–Trinajstić information content (AvgIpc) is 2.46. The maximum Gasteiger partial charge on any atom is 0.553 e. The van der Waals surface area contributed by atoms with Gasteiger partial charge in [-0.05, 0) is 6.42 Å². The van der Waals surface area contributed by atoms with Crippen molar-refractivity contribution in [1.82, 2.24) is 5.01 Å². The van der Waals surface area contributed by atoms with Crippen molar-refractivity contribution in [3.8, 4) is 0 Å². The summed E-state index contributed by atoms with van der Waals surface area (Å²) in [7, 11) is 5.57. The Balaban J connectivity index is 3.15. The van der Waals surface area contributed by atoms with Crippen LogP contribution in [0.5, 0.6) is 0 Å². The minimum atomic E-state index is -0.639. The lowest BCUT2D eigenvalue weighted by molar-refractivity contribution is -0.812. The highest BCUT2D eigenvalue weighted by Gasteiger charge is 2.48. The summed E-state index contributed by atoms with van der Waals surface area (Å²) in [4.78, 5) is 28.3. The van der Waals surface area contributed by atoms with Crippen LogP contribution in [0, 0.1) is 5.41 Å². The van der Waals surface area contributed by atoms with Gasteiger partial charge in [0.1, 0.15) is 12.1 Å². The number of nitrogens with zero attached hydrogens (tertiary/aromatic N) is 3. The molecule has 0 aromatic carbocycles. The van der Waals surface area contributed by atoms with Gasteiger partial charge in [0.05, 0.1) is 21.3 Å². The van der Waals surface area contributed by atoms with E-state index in [1.54, 1.807) is 13.2 Å². The molecule has 0 aliphatic carbocycles. The van der Waals surface area contributed by atoms with Crippen LogP contribution in [0.25, 0.3) is 0 Å². The molecule has 0 aromatic rings.